The third-order valence-corrected chi connectivity index (χ3v) is 3.00. The molecule has 1 aliphatic rings. The monoisotopic (exact) mass is 187 g/mol. The standard InChI is InChI=1S/C9H17NOS/c1-12-7-3-5-8-4-2-6-10-9(8)11/h8H,2-7H2,1H3,(H,10,11). The summed E-state index contributed by atoms with van der Waals surface area (Å²) in [6, 6.07) is 0. The number of rotatable bonds is 4. The Balaban J connectivity index is 2.16. The molecule has 0 radical (unpaired) electrons. The quantitative estimate of drug-likeness (QED) is 0.678. The van der Waals surface area contributed by atoms with Gasteiger partial charge in [0.25, 0.3) is 0 Å². The number of hydrogen-bond donors (Lipinski definition) is 1. The van der Waals surface area contributed by atoms with Crippen LogP contribution >= 0.6 is 11.8 Å². The van der Waals surface area contributed by atoms with E-state index < -0.39 is 0 Å². The first-order valence-corrected chi connectivity index (χ1v) is 6.00. The van der Waals surface area contributed by atoms with Crippen molar-refractivity contribution in [3.63, 3.8) is 0 Å². The maximum Gasteiger partial charge on any atom is 0.223 e. The molecule has 0 aromatic heterocycles. The summed E-state index contributed by atoms with van der Waals surface area (Å²) in [6.45, 7) is 0.887. The van der Waals surface area contributed by atoms with Crippen molar-refractivity contribution in [3.05, 3.63) is 0 Å². The maximum absolute atomic E-state index is 11.3. The number of carbonyl (C=O) groups excluding carboxylic acids is 1. The van der Waals surface area contributed by atoms with Gasteiger partial charge in [-0.1, -0.05) is 0 Å². The fraction of sp³-hybridized carbons (Fsp3) is 0.889. The third kappa shape index (κ3) is 3.05. The first-order chi connectivity index (χ1) is 5.84. The Morgan fingerprint density at radius 1 is 1.67 bits per heavy atom. The molecular weight excluding hydrogens is 170 g/mol. The Bertz CT molecular complexity index is 149. The highest BCUT2D eigenvalue weighted by Crippen LogP contribution is 2.17. The Kier molecular flexibility index (Phi) is 4.51. The summed E-state index contributed by atoms with van der Waals surface area (Å²) in [5.74, 6) is 1.78. The van der Waals surface area contributed by atoms with Gasteiger partial charge in [0.05, 0.1) is 0 Å². The number of nitrogens with one attached hydrogen (secondary N) is 1. The van der Waals surface area contributed by atoms with Crippen molar-refractivity contribution in [1.82, 2.24) is 5.32 Å². The Morgan fingerprint density at radius 2 is 2.50 bits per heavy atom. The highest BCUT2D eigenvalue weighted by molar-refractivity contribution is 7.98. The van der Waals surface area contributed by atoms with Crippen LogP contribution in [0.2, 0.25) is 0 Å². The number of amides is 1. The van der Waals surface area contributed by atoms with Gasteiger partial charge in [0.1, 0.15) is 0 Å². The zero-order chi connectivity index (χ0) is 8.81. The van der Waals surface area contributed by atoms with Crippen LogP contribution in [0.25, 0.3) is 0 Å². The predicted octanol–water partition coefficient (Wildman–Crippen LogP) is 1.66. The first-order valence-electron chi connectivity index (χ1n) is 4.61. The minimum absolute atomic E-state index is 0.280. The molecule has 2 nitrogen and oxygen atoms in total. The normalized spacial score (nSPS) is 23.8. The summed E-state index contributed by atoms with van der Waals surface area (Å²) < 4.78 is 0. The topological polar surface area (TPSA) is 29.1 Å². The van der Waals surface area contributed by atoms with Crippen LogP contribution in [0.4, 0.5) is 0 Å². The molecule has 0 aromatic rings. The zero-order valence-corrected chi connectivity index (χ0v) is 8.45. The molecule has 0 aliphatic carbocycles. The minimum atomic E-state index is 0.280. The van der Waals surface area contributed by atoms with Gasteiger partial charge < -0.3 is 5.32 Å². The van der Waals surface area contributed by atoms with Crippen LogP contribution in [0, 0.1) is 5.92 Å². The average Bonchev–Trinajstić information content (AvgIpc) is 2.09. The fourth-order valence-electron chi connectivity index (χ4n) is 1.58. The maximum atomic E-state index is 11.3. The molecule has 0 aromatic carbocycles. The molecule has 70 valence electrons. The SMILES string of the molecule is CSCCCC1CCCNC1=O. The Hall–Kier alpha value is -0.180. The van der Waals surface area contributed by atoms with Gasteiger partial charge in [0.2, 0.25) is 5.91 Å². The molecule has 1 amide bonds. The van der Waals surface area contributed by atoms with E-state index >= 15 is 0 Å². The molecule has 1 rings (SSSR count). The second-order valence-electron chi connectivity index (χ2n) is 3.27. The van der Waals surface area contributed by atoms with Gasteiger partial charge in [0.15, 0.2) is 0 Å². The second kappa shape index (κ2) is 5.46. The zero-order valence-electron chi connectivity index (χ0n) is 7.64. The van der Waals surface area contributed by atoms with Crippen LogP contribution in [-0.2, 0) is 4.79 Å². The molecule has 12 heavy (non-hydrogen) atoms. The Morgan fingerprint density at radius 3 is 3.17 bits per heavy atom. The predicted molar refractivity (Wildman–Crippen MR) is 53.3 cm³/mol. The van der Waals surface area contributed by atoms with Gasteiger partial charge in [-0.15, -0.1) is 0 Å². The minimum Gasteiger partial charge on any atom is -0.356 e. The van der Waals surface area contributed by atoms with Gasteiger partial charge in [-0.05, 0) is 37.7 Å². The van der Waals surface area contributed by atoms with Crippen molar-refractivity contribution in [2.24, 2.45) is 5.92 Å². The van der Waals surface area contributed by atoms with E-state index in [1.807, 2.05) is 11.8 Å². The lowest BCUT2D eigenvalue weighted by molar-refractivity contribution is -0.126. The lowest BCUT2D eigenvalue weighted by Gasteiger charge is -2.21. The summed E-state index contributed by atoms with van der Waals surface area (Å²) >= 11 is 1.86. The number of carbonyl (C=O) groups is 1. The largest absolute Gasteiger partial charge is 0.356 e. The van der Waals surface area contributed by atoms with Gasteiger partial charge >= 0.3 is 0 Å². The molecule has 0 saturated carbocycles. The lowest BCUT2D eigenvalue weighted by atomic mass is 9.94. The molecule has 0 spiro atoms. The fourth-order valence-corrected chi connectivity index (χ4v) is 2.04. The second-order valence-corrected chi connectivity index (χ2v) is 4.25. The summed E-state index contributed by atoms with van der Waals surface area (Å²) in [6.07, 6.45) is 6.63. The van der Waals surface area contributed by atoms with Crippen LogP contribution in [0.5, 0.6) is 0 Å². The van der Waals surface area contributed by atoms with Crippen LogP contribution < -0.4 is 5.32 Å². The highest BCUT2D eigenvalue weighted by atomic mass is 32.2. The van der Waals surface area contributed by atoms with Gasteiger partial charge in [0, 0.05) is 12.5 Å². The summed E-state index contributed by atoms with van der Waals surface area (Å²) in [5.41, 5.74) is 0. The molecule has 0 bridgehead atoms. The van der Waals surface area contributed by atoms with Crippen LogP contribution in [-0.4, -0.2) is 24.5 Å². The van der Waals surface area contributed by atoms with E-state index in [1.165, 1.54) is 12.2 Å². The molecule has 3 heteroatoms. The molecule has 1 heterocycles. The smallest absolute Gasteiger partial charge is 0.223 e. The van der Waals surface area contributed by atoms with E-state index in [1.54, 1.807) is 0 Å². The van der Waals surface area contributed by atoms with Gasteiger partial charge in [-0.3, -0.25) is 4.79 Å². The molecule has 1 saturated heterocycles. The summed E-state index contributed by atoms with van der Waals surface area (Å²) in [7, 11) is 0. The number of hydrogen-bond acceptors (Lipinski definition) is 2. The molecule has 1 aliphatic heterocycles. The van der Waals surface area contributed by atoms with E-state index in [-0.39, 0.29) is 5.91 Å². The number of thioether (sulfide) groups is 1. The lowest BCUT2D eigenvalue weighted by Crippen LogP contribution is -2.36. The average molecular weight is 187 g/mol. The molecule has 1 N–H and O–H groups in total. The highest BCUT2D eigenvalue weighted by Gasteiger charge is 2.20. The molecular formula is C9H17NOS. The van der Waals surface area contributed by atoms with E-state index in [0.29, 0.717) is 5.92 Å². The van der Waals surface area contributed by atoms with Crippen LogP contribution in [0.15, 0.2) is 0 Å². The van der Waals surface area contributed by atoms with E-state index in [9.17, 15) is 4.79 Å². The summed E-state index contributed by atoms with van der Waals surface area (Å²) in [4.78, 5) is 11.3. The third-order valence-electron chi connectivity index (χ3n) is 2.30. The van der Waals surface area contributed by atoms with Crippen molar-refractivity contribution >= 4 is 17.7 Å². The number of piperidine rings is 1. The first kappa shape index (κ1) is 9.90. The van der Waals surface area contributed by atoms with Crippen molar-refractivity contribution in [3.8, 4) is 0 Å². The molecule has 1 atom stereocenters. The molecule has 1 unspecified atom stereocenters. The molecule has 1 fully saturated rings. The van der Waals surface area contributed by atoms with Crippen LogP contribution in [0.1, 0.15) is 25.7 Å². The van der Waals surface area contributed by atoms with Gasteiger partial charge in [-0.2, -0.15) is 11.8 Å². The van der Waals surface area contributed by atoms with Crippen molar-refractivity contribution in [2.45, 2.75) is 25.7 Å². The van der Waals surface area contributed by atoms with Crippen molar-refractivity contribution < 1.29 is 4.79 Å². The van der Waals surface area contributed by atoms with E-state index in [4.69, 9.17) is 0 Å². The van der Waals surface area contributed by atoms with E-state index in [0.717, 1.165) is 25.8 Å². The van der Waals surface area contributed by atoms with Gasteiger partial charge in [-0.25, -0.2) is 0 Å². The van der Waals surface area contributed by atoms with E-state index in [2.05, 4.69) is 11.6 Å². The summed E-state index contributed by atoms with van der Waals surface area (Å²) in [5, 5.41) is 2.91. The Labute approximate surface area is 78.5 Å². The van der Waals surface area contributed by atoms with Crippen LogP contribution in [0.3, 0.4) is 0 Å². The van der Waals surface area contributed by atoms with Crippen molar-refractivity contribution in [1.29, 1.82) is 0 Å². The van der Waals surface area contributed by atoms with Crippen molar-refractivity contribution in [2.75, 3.05) is 18.6 Å².